The number of nitrogens with one attached hydrogen (secondary N) is 1. The third-order valence-electron chi connectivity index (χ3n) is 1.76. The van der Waals surface area contributed by atoms with Gasteiger partial charge in [-0.1, -0.05) is 0 Å². The Bertz CT molecular complexity index is 335. The van der Waals surface area contributed by atoms with Crippen molar-refractivity contribution in [1.29, 1.82) is 0 Å². The van der Waals surface area contributed by atoms with Crippen molar-refractivity contribution >= 4 is 16.0 Å². The van der Waals surface area contributed by atoms with Gasteiger partial charge < -0.3 is 5.32 Å². The molecule has 0 fully saturated rings. The van der Waals surface area contributed by atoms with Crippen molar-refractivity contribution in [3.05, 3.63) is 4.91 Å². The molecule has 15 heavy (non-hydrogen) atoms. The molecule has 0 saturated heterocycles. The first-order valence-electron chi connectivity index (χ1n) is 4.27. The number of hydrogen-bond acceptors (Lipinski definition) is 5. The highest BCUT2D eigenvalue weighted by molar-refractivity contribution is 7.85. The van der Waals surface area contributed by atoms with Crippen LogP contribution >= 0.6 is 0 Å². The quantitative estimate of drug-likeness (QED) is 0.380. The van der Waals surface area contributed by atoms with Gasteiger partial charge in [-0.3, -0.25) is 9.35 Å². The fourth-order valence-electron chi connectivity index (χ4n) is 0.845. The van der Waals surface area contributed by atoms with Gasteiger partial charge in [0.25, 0.3) is 10.1 Å². The second-order valence-corrected chi connectivity index (χ2v) is 5.16. The van der Waals surface area contributed by atoms with Crippen LogP contribution in [0.3, 0.4) is 0 Å². The molecule has 7 nitrogen and oxygen atoms in total. The van der Waals surface area contributed by atoms with Crippen molar-refractivity contribution in [1.82, 2.24) is 5.32 Å². The molecular weight excluding hydrogens is 224 g/mol. The third kappa shape index (κ3) is 6.26. The summed E-state index contributed by atoms with van der Waals surface area (Å²) in [7, 11) is -3.98. The standard InChI is InChI=1S/C7H14N2O5S/c1-7(2,6(10)9-11)8-4-3-5-15(12,13)14/h8H,3-5H2,1-2H3,(H,12,13,14). The minimum atomic E-state index is -3.98. The van der Waals surface area contributed by atoms with Crippen molar-refractivity contribution < 1.29 is 17.8 Å². The maximum atomic E-state index is 10.9. The van der Waals surface area contributed by atoms with Crippen molar-refractivity contribution in [2.75, 3.05) is 12.3 Å². The number of carbonyl (C=O) groups is 1. The summed E-state index contributed by atoms with van der Waals surface area (Å²) in [6, 6.07) is 0. The summed E-state index contributed by atoms with van der Waals surface area (Å²) >= 11 is 0. The van der Waals surface area contributed by atoms with Gasteiger partial charge in [0, 0.05) is 5.18 Å². The second-order valence-electron chi connectivity index (χ2n) is 3.59. The molecule has 0 aliphatic heterocycles. The molecule has 0 aromatic carbocycles. The summed E-state index contributed by atoms with van der Waals surface area (Å²) < 4.78 is 29.1. The average molecular weight is 238 g/mol. The first kappa shape index (κ1) is 14.1. The molecule has 0 rings (SSSR count). The van der Waals surface area contributed by atoms with E-state index in [9.17, 15) is 18.1 Å². The summed E-state index contributed by atoms with van der Waals surface area (Å²) in [5, 5.41) is 4.93. The number of nitrogens with zero attached hydrogens (tertiary/aromatic N) is 1. The molecule has 0 aliphatic rings. The van der Waals surface area contributed by atoms with E-state index < -0.39 is 27.3 Å². The molecule has 0 radical (unpaired) electrons. The fourth-order valence-corrected chi connectivity index (χ4v) is 1.35. The summed E-state index contributed by atoms with van der Waals surface area (Å²) in [5.41, 5.74) is -1.11. The van der Waals surface area contributed by atoms with Crippen LogP contribution in [0.5, 0.6) is 0 Å². The Labute approximate surface area is 88.0 Å². The van der Waals surface area contributed by atoms with Gasteiger partial charge in [0.2, 0.25) is 0 Å². The predicted molar refractivity (Wildman–Crippen MR) is 53.9 cm³/mol. The van der Waals surface area contributed by atoms with Crippen LogP contribution in [-0.2, 0) is 14.9 Å². The first-order valence-corrected chi connectivity index (χ1v) is 5.88. The maximum absolute atomic E-state index is 10.9. The van der Waals surface area contributed by atoms with Crippen LogP contribution in [0.1, 0.15) is 20.3 Å². The van der Waals surface area contributed by atoms with E-state index in [-0.39, 0.29) is 13.0 Å². The van der Waals surface area contributed by atoms with E-state index in [2.05, 4.69) is 10.5 Å². The molecule has 0 unspecified atom stereocenters. The summed E-state index contributed by atoms with van der Waals surface area (Å²) in [6.45, 7) is 3.11. The van der Waals surface area contributed by atoms with Crippen LogP contribution in [0.25, 0.3) is 0 Å². The normalized spacial score (nSPS) is 12.5. The van der Waals surface area contributed by atoms with Gasteiger partial charge in [0.05, 0.1) is 11.3 Å². The lowest BCUT2D eigenvalue weighted by Crippen LogP contribution is -2.46. The molecule has 8 heteroatoms. The topological polar surface area (TPSA) is 113 Å². The Balaban J connectivity index is 3.96. The van der Waals surface area contributed by atoms with Crippen molar-refractivity contribution in [3.8, 4) is 0 Å². The Morgan fingerprint density at radius 1 is 1.47 bits per heavy atom. The SMILES string of the molecule is CC(C)(NCCCS(=O)(=O)O)C(=O)N=O. The van der Waals surface area contributed by atoms with Gasteiger partial charge >= 0.3 is 5.91 Å². The molecule has 0 aromatic heterocycles. The Morgan fingerprint density at radius 3 is 2.40 bits per heavy atom. The lowest BCUT2D eigenvalue weighted by molar-refractivity contribution is -0.123. The number of carbonyl (C=O) groups excluding carboxylic acids is 1. The smallest absolute Gasteiger partial charge is 0.304 e. The molecule has 0 bridgehead atoms. The Morgan fingerprint density at radius 2 is 2.00 bits per heavy atom. The lowest BCUT2D eigenvalue weighted by Gasteiger charge is -2.20. The van der Waals surface area contributed by atoms with Gasteiger partial charge in [0.15, 0.2) is 0 Å². The van der Waals surface area contributed by atoms with Crippen LogP contribution < -0.4 is 5.32 Å². The fraction of sp³-hybridized carbons (Fsp3) is 0.857. The molecule has 0 aliphatic carbocycles. The predicted octanol–water partition coefficient (Wildman–Crippen LogP) is -0.0745. The zero-order valence-corrected chi connectivity index (χ0v) is 9.37. The molecule has 0 saturated carbocycles. The molecule has 88 valence electrons. The zero-order valence-electron chi connectivity index (χ0n) is 8.56. The number of hydrogen-bond donors (Lipinski definition) is 2. The maximum Gasteiger partial charge on any atom is 0.305 e. The highest BCUT2D eigenvalue weighted by Gasteiger charge is 2.27. The van der Waals surface area contributed by atoms with E-state index >= 15 is 0 Å². The summed E-state index contributed by atoms with van der Waals surface area (Å²) in [4.78, 5) is 20.9. The third-order valence-corrected chi connectivity index (χ3v) is 2.57. The molecule has 0 heterocycles. The number of nitroso groups, excluding NO2 is 1. The number of rotatable bonds is 6. The summed E-state index contributed by atoms with van der Waals surface area (Å²) in [5.74, 6) is -1.24. The van der Waals surface area contributed by atoms with Gasteiger partial charge in [-0.15, -0.1) is 4.91 Å². The Kier molecular flexibility index (Phi) is 4.98. The van der Waals surface area contributed by atoms with Gasteiger partial charge in [-0.05, 0) is 26.8 Å². The van der Waals surface area contributed by atoms with Crippen molar-refractivity contribution in [3.63, 3.8) is 0 Å². The second kappa shape index (κ2) is 5.29. The van der Waals surface area contributed by atoms with Gasteiger partial charge in [-0.25, -0.2) is 0 Å². The molecule has 1 amide bonds. The molecule has 0 aromatic rings. The molecule has 0 spiro atoms. The summed E-state index contributed by atoms with van der Waals surface area (Å²) in [6.07, 6.45) is 0.147. The average Bonchev–Trinajstić information content (AvgIpc) is 2.09. The van der Waals surface area contributed by atoms with Crippen molar-refractivity contribution in [2.24, 2.45) is 5.18 Å². The van der Waals surface area contributed by atoms with Crippen LogP contribution in [-0.4, -0.2) is 36.7 Å². The highest BCUT2D eigenvalue weighted by atomic mass is 32.2. The van der Waals surface area contributed by atoms with E-state index in [1.165, 1.54) is 13.8 Å². The molecular formula is C7H14N2O5S. The van der Waals surface area contributed by atoms with Crippen molar-refractivity contribution in [2.45, 2.75) is 25.8 Å². The van der Waals surface area contributed by atoms with E-state index in [0.29, 0.717) is 0 Å². The number of amides is 1. The van der Waals surface area contributed by atoms with Crippen LogP contribution in [0, 0.1) is 4.91 Å². The van der Waals surface area contributed by atoms with Crippen LogP contribution in [0.15, 0.2) is 5.18 Å². The van der Waals surface area contributed by atoms with E-state index in [0.717, 1.165) is 0 Å². The molecule has 0 atom stereocenters. The first-order chi connectivity index (χ1) is 6.69. The highest BCUT2D eigenvalue weighted by Crippen LogP contribution is 2.04. The van der Waals surface area contributed by atoms with E-state index in [4.69, 9.17) is 4.55 Å². The van der Waals surface area contributed by atoms with Crippen LogP contribution in [0.2, 0.25) is 0 Å². The van der Waals surface area contributed by atoms with E-state index in [1.54, 1.807) is 0 Å². The largest absolute Gasteiger partial charge is 0.305 e. The van der Waals surface area contributed by atoms with Crippen LogP contribution in [0.4, 0.5) is 0 Å². The minimum absolute atomic E-state index is 0.147. The molecule has 2 N–H and O–H groups in total. The van der Waals surface area contributed by atoms with E-state index in [1.807, 2.05) is 0 Å². The van der Waals surface area contributed by atoms with Gasteiger partial charge in [-0.2, -0.15) is 8.42 Å². The Hall–Kier alpha value is -0.860. The monoisotopic (exact) mass is 238 g/mol. The van der Waals surface area contributed by atoms with Gasteiger partial charge in [0.1, 0.15) is 0 Å². The lowest BCUT2D eigenvalue weighted by atomic mass is 10.1. The minimum Gasteiger partial charge on any atom is -0.304 e. The zero-order chi connectivity index (χ0) is 12.1.